The van der Waals surface area contributed by atoms with Crippen LogP contribution in [-0.4, -0.2) is 29.3 Å². The van der Waals surface area contributed by atoms with Gasteiger partial charge in [0.15, 0.2) is 0 Å². The third kappa shape index (κ3) is 5.42. The first-order valence-electron chi connectivity index (χ1n) is 5.37. The monoisotopic (exact) mass is 287 g/mol. The fourth-order valence-corrected chi connectivity index (χ4v) is 1.94. The number of carbonyl (C=O) groups is 2. The summed E-state index contributed by atoms with van der Waals surface area (Å²) in [6, 6.07) is 7.18. The molecule has 0 aliphatic rings. The van der Waals surface area contributed by atoms with Crippen LogP contribution in [0.4, 0.5) is 0 Å². The zero-order valence-corrected chi connectivity index (χ0v) is 11.4. The topological polar surface area (TPSA) is 66.4 Å². The van der Waals surface area contributed by atoms with Crippen molar-refractivity contribution in [3.8, 4) is 0 Å². The molecule has 1 rings (SSSR count). The molecule has 1 atom stereocenters. The number of amides is 1. The number of benzene rings is 1. The van der Waals surface area contributed by atoms with Crippen LogP contribution in [0.1, 0.15) is 6.92 Å². The molecule has 4 nitrogen and oxygen atoms in total. The van der Waals surface area contributed by atoms with E-state index >= 15 is 0 Å². The molecule has 0 bridgehead atoms. The van der Waals surface area contributed by atoms with Gasteiger partial charge in [-0.1, -0.05) is 18.5 Å². The number of rotatable bonds is 6. The van der Waals surface area contributed by atoms with Gasteiger partial charge in [-0.15, -0.1) is 11.8 Å². The maximum absolute atomic E-state index is 11.5. The minimum absolute atomic E-state index is 0.148. The van der Waals surface area contributed by atoms with Crippen molar-refractivity contribution in [2.75, 3.05) is 12.3 Å². The molecule has 1 unspecified atom stereocenters. The zero-order valence-electron chi connectivity index (χ0n) is 9.85. The zero-order chi connectivity index (χ0) is 13.5. The second kappa shape index (κ2) is 7.28. The van der Waals surface area contributed by atoms with Gasteiger partial charge < -0.3 is 10.4 Å². The number of nitrogens with one attached hydrogen (secondary N) is 1. The Morgan fingerprint density at radius 3 is 2.56 bits per heavy atom. The molecule has 6 heteroatoms. The summed E-state index contributed by atoms with van der Waals surface area (Å²) >= 11 is 7.12. The summed E-state index contributed by atoms with van der Waals surface area (Å²) in [4.78, 5) is 23.0. The first kappa shape index (κ1) is 14.9. The molecule has 0 radical (unpaired) electrons. The molecule has 0 saturated carbocycles. The fraction of sp³-hybridized carbons (Fsp3) is 0.333. The molecule has 1 aromatic rings. The second-order valence-electron chi connectivity index (χ2n) is 3.79. The van der Waals surface area contributed by atoms with Crippen molar-refractivity contribution in [3.05, 3.63) is 29.3 Å². The van der Waals surface area contributed by atoms with Crippen LogP contribution in [0.25, 0.3) is 0 Å². The Hall–Kier alpha value is -1.20. The molecule has 0 aliphatic carbocycles. The second-order valence-corrected chi connectivity index (χ2v) is 5.27. The maximum Gasteiger partial charge on any atom is 0.308 e. The van der Waals surface area contributed by atoms with E-state index in [2.05, 4.69) is 5.32 Å². The van der Waals surface area contributed by atoms with Crippen LogP contribution in [0.2, 0.25) is 5.02 Å². The van der Waals surface area contributed by atoms with Crippen molar-refractivity contribution in [1.82, 2.24) is 5.32 Å². The quantitative estimate of drug-likeness (QED) is 0.788. The van der Waals surface area contributed by atoms with Gasteiger partial charge in [0.2, 0.25) is 5.91 Å². The SMILES string of the molecule is CC(CNC(=O)CSc1ccc(Cl)cc1)C(=O)O. The van der Waals surface area contributed by atoms with Crippen LogP contribution < -0.4 is 5.32 Å². The number of carbonyl (C=O) groups excluding carboxylic acids is 1. The Labute approximate surface area is 115 Å². The molecule has 0 aromatic heterocycles. The van der Waals surface area contributed by atoms with Gasteiger partial charge in [0.1, 0.15) is 0 Å². The number of hydrogen-bond donors (Lipinski definition) is 2. The Morgan fingerprint density at radius 2 is 2.00 bits per heavy atom. The molecular formula is C12H14ClNO3S. The molecule has 0 heterocycles. The Morgan fingerprint density at radius 1 is 1.39 bits per heavy atom. The van der Waals surface area contributed by atoms with Gasteiger partial charge in [-0.2, -0.15) is 0 Å². The average molecular weight is 288 g/mol. The van der Waals surface area contributed by atoms with Crippen molar-refractivity contribution in [3.63, 3.8) is 0 Å². The van der Waals surface area contributed by atoms with Crippen LogP contribution in [0.5, 0.6) is 0 Å². The summed E-state index contributed by atoms with van der Waals surface area (Å²) in [6.07, 6.45) is 0. The summed E-state index contributed by atoms with van der Waals surface area (Å²) in [5.41, 5.74) is 0. The summed E-state index contributed by atoms with van der Waals surface area (Å²) in [7, 11) is 0. The molecule has 0 saturated heterocycles. The molecular weight excluding hydrogens is 274 g/mol. The van der Waals surface area contributed by atoms with Crippen molar-refractivity contribution in [2.45, 2.75) is 11.8 Å². The minimum atomic E-state index is -0.916. The highest BCUT2D eigenvalue weighted by Crippen LogP contribution is 2.19. The first-order chi connectivity index (χ1) is 8.49. The van der Waals surface area contributed by atoms with Gasteiger partial charge >= 0.3 is 5.97 Å². The van der Waals surface area contributed by atoms with Gasteiger partial charge in [0.25, 0.3) is 0 Å². The number of halogens is 1. The van der Waals surface area contributed by atoms with Crippen molar-refractivity contribution in [2.24, 2.45) is 5.92 Å². The molecule has 1 amide bonds. The van der Waals surface area contributed by atoms with Crippen LogP contribution in [0.15, 0.2) is 29.2 Å². The fourth-order valence-electron chi connectivity index (χ4n) is 1.08. The van der Waals surface area contributed by atoms with Gasteiger partial charge in [-0.3, -0.25) is 9.59 Å². The lowest BCUT2D eigenvalue weighted by Gasteiger charge is -2.08. The number of aliphatic carboxylic acids is 1. The molecule has 98 valence electrons. The highest BCUT2D eigenvalue weighted by Gasteiger charge is 2.12. The Balaban J connectivity index is 2.29. The minimum Gasteiger partial charge on any atom is -0.481 e. The molecule has 1 aromatic carbocycles. The van der Waals surface area contributed by atoms with Crippen LogP contribution in [-0.2, 0) is 9.59 Å². The molecule has 0 aliphatic heterocycles. The first-order valence-corrected chi connectivity index (χ1v) is 6.73. The Bertz CT molecular complexity index is 422. The maximum atomic E-state index is 11.5. The summed E-state index contributed by atoms with van der Waals surface area (Å²) in [5, 5.41) is 11.9. The summed E-state index contributed by atoms with van der Waals surface area (Å²) < 4.78 is 0. The standard InChI is InChI=1S/C12H14ClNO3S/c1-8(12(16)17)6-14-11(15)7-18-10-4-2-9(13)3-5-10/h2-5,8H,6-7H2,1H3,(H,14,15)(H,16,17). The lowest BCUT2D eigenvalue weighted by Crippen LogP contribution is -2.32. The van der Waals surface area contributed by atoms with Gasteiger partial charge in [-0.25, -0.2) is 0 Å². The Kier molecular flexibility index (Phi) is 6.01. The number of carboxylic acids is 1. The highest BCUT2D eigenvalue weighted by molar-refractivity contribution is 8.00. The van der Waals surface area contributed by atoms with Gasteiger partial charge in [0, 0.05) is 16.5 Å². The molecule has 18 heavy (non-hydrogen) atoms. The predicted molar refractivity (Wildman–Crippen MR) is 72.0 cm³/mol. The third-order valence-electron chi connectivity index (χ3n) is 2.21. The van der Waals surface area contributed by atoms with E-state index in [0.717, 1.165) is 4.90 Å². The van der Waals surface area contributed by atoms with Gasteiger partial charge in [0.05, 0.1) is 11.7 Å². The van der Waals surface area contributed by atoms with E-state index < -0.39 is 11.9 Å². The van der Waals surface area contributed by atoms with Crippen LogP contribution in [0.3, 0.4) is 0 Å². The van der Waals surface area contributed by atoms with E-state index in [-0.39, 0.29) is 18.2 Å². The number of hydrogen-bond acceptors (Lipinski definition) is 3. The largest absolute Gasteiger partial charge is 0.481 e. The molecule has 0 fully saturated rings. The average Bonchev–Trinajstić information content (AvgIpc) is 2.35. The molecule has 0 spiro atoms. The normalized spacial score (nSPS) is 11.9. The number of carboxylic acid groups (broad SMARTS) is 1. The van der Waals surface area contributed by atoms with E-state index in [1.165, 1.54) is 11.8 Å². The lowest BCUT2D eigenvalue weighted by molar-refractivity contribution is -0.141. The van der Waals surface area contributed by atoms with Crippen molar-refractivity contribution in [1.29, 1.82) is 0 Å². The lowest BCUT2D eigenvalue weighted by atomic mass is 10.2. The van der Waals surface area contributed by atoms with E-state index in [9.17, 15) is 9.59 Å². The van der Waals surface area contributed by atoms with E-state index in [1.54, 1.807) is 19.1 Å². The molecule has 2 N–H and O–H groups in total. The summed E-state index contributed by atoms with van der Waals surface area (Å²) in [5.74, 6) is -1.41. The van der Waals surface area contributed by atoms with Crippen LogP contribution >= 0.6 is 23.4 Å². The number of thioether (sulfide) groups is 1. The van der Waals surface area contributed by atoms with E-state index in [1.807, 2.05) is 12.1 Å². The highest BCUT2D eigenvalue weighted by atomic mass is 35.5. The van der Waals surface area contributed by atoms with Crippen LogP contribution in [0, 0.1) is 5.92 Å². The van der Waals surface area contributed by atoms with Gasteiger partial charge in [-0.05, 0) is 24.3 Å². The van der Waals surface area contributed by atoms with E-state index in [4.69, 9.17) is 16.7 Å². The summed E-state index contributed by atoms with van der Waals surface area (Å²) in [6.45, 7) is 1.70. The van der Waals surface area contributed by atoms with E-state index in [0.29, 0.717) is 5.02 Å². The third-order valence-corrected chi connectivity index (χ3v) is 3.47. The van der Waals surface area contributed by atoms with Crippen molar-refractivity contribution < 1.29 is 14.7 Å². The smallest absolute Gasteiger partial charge is 0.308 e. The van der Waals surface area contributed by atoms with Crippen molar-refractivity contribution >= 4 is 35.2 Å². The predicted octanol–water partition coefficient (Wildman–Crippen LogP) is 2.27.